The van der Waals surface area contributed by atoms with E-state index in [0.29, 0.717) is 31.7 Å². The molecule has 1 atom stereocenters. The molecular formula is C21H25N3O5S. The van der Waals surface area contributed by atoms with Gasteiger partial charge in [-0.05, 0) is 30.2 Å². The van der Waals surface area contributed by atoms with Crippen molar-refractivity contribution in [3.63, 3.8) is 0 Å². The molecule has 160 valence electrons. The lowest BCUT2D eigenvalue weighted by Crippen LogP contribution is -2.26. The van der Waals surface area contributed by atoms with E-state index in [1.165, 1.54) is 0 Å². The Balaban J connectivity index is 1.76. The summed E-state index contributed by atoms with van der Waals surface area (Å²) in [4.78, 5) is 15.5. The number of aromatic nitrogens is 2. The first kappa shape index (κ1) is 20.8. The number of H-pyrrole nitrogens is 1. The third-order valence-corrected chi connectivity index (χ3v) is 5.78. The summed E-state index contributed by atoms with van der Waals surface area (Å²) in [6.07, 6.45) is 5.92. The van der Waals surface area contributed by atoms with Gasteiger partial charge in [-0.2, -0.15) is 0 Å². The van der Waals surface area contributed by atoms with Gasteiger partial charge in [-0.25, -0.2) is 8.93 Å². The predicted octanol–water partition coefficient (Wildman–Crippen LogP) is 2.36. The van der Waals surface area contributed by atoms with E-state index in [1.807, 2.05) is 30.5 Å². The quantitative estimate of drug-likeness (QED) is 0.498. The van der Waals surface area contributed by atoms with Crippen molar-refractivity contribution in [3.05, 3.63) is 52.6 Å². The number of rotatable bonds is 7. The van der Waals surface area contributed by atoms with Crippen LogP contribution in [0.4, 0.5) is 0 Å². The van der Waals surface area contributed by atoms with E-state index in [2.05, 4.69) is 9.71 Å². The number of nitrogens with zero attached hydrogens (tertiary/aromatic N) is 1. The molecule has 4 rings (SSSR count). The second kappa shape index (κ2) is 9.13. The molecule has 1 aromatic carbocycles. The molecule has 30 heavy (non-hydrogen) atoms. The second-order valence-corrected chi connectivity index (χ2v) is 8.17. The van der Waals surface area contributed by atoms with Gasteiger partial charge in [0.05, 0.1) is 13.2 Å². The molecule has 9 heteroatoms. The molecule has 0 bridgehead atoms. The van der Waals surface area contributed by atoms with Gasteiger partial charge in [-0.1, -0.05) is 6.07 Å². The monoisotopic (exact) mass is 431 g/mol. The maximum absolute atomic E-state index is 12.5. The molecule has 3 aromatic rings. The van der Waals surface area contributed by atoms with Gasteiger partial charge in [0, 0.05) is 55.3 Å². The van der Waals surface area contributed by atoms with Crippen LogP contribution in [0, 0.1) is 0 Å². The zero-order chi connectivity index (χ0) is 21.1. The largest absolute Gasteiger partial charge is 0.490 e. The van der Waals surface area contributed by atoms with Crippen LogP contribution in [0.2, 0.25) is 0 Å². The predicted molar refractivity (Wildman–Crippen MR) is 116 cm³/mol. The van der Waals surface area contributed by atoms with Crippen LogP contribution in [0.3, 0.4) is 0 Å². The lowest BCUT2D eigenvalue weighted by Gasteiger charge is -2.25. The van der Waals surface area contributed by atoms with Gasteiger partial charge in [0.15, 0.2) is 0 Å². The summed E-state index contributed by atoms with van der Waals surface area (Å²) in [5, 5.41) is 0.835. The van der Waals surface area contributed by atoms with E-state index < -0.39 is 11.3 Å². The standard InChI is InChI=1S/C21H25N3O5S/c1-24-13-18(16-5-8-22-20(16)21(24)25)17-12-14(4-9-23-30(26)27)2-3-19(17)29-15-6-10-28-11-7-15/h2-3,5,8,12-13,15,22-23H,4,6-7,9-11H2,1H3,(H,26,27). The maximum Gasteiger partial charge on any atom is 0.274 e. The Morgan fingerprint density at radius 3 is 2.87 bits per heavy atom. The Morgan fingerprint density at radius 1 is 1.30 bits per heavy atom. The molecular weight excluding hydrogens is 406 g/mol. The highest BCUT2D eigenvalue weighted by molar-refractivity contribution is 7.77. The van der Waals surface area contributed by atoms with Gasteiger partial charge in [-0.15, -0.1) is 0 Å². The number of hydrogen-bond acceptors (Lipinski definition) is 4. The van der Waals surface area contributed by atoms with E-state index in [-0.39, 0.29) is 11.7 Å². The SMILES string of the molecule is Cn1cc(-c2cc(CCNS(=O)O)ccc2OC2CCOCC2)c2cc[nH]c2c1=O. The molecule has 1 saturated heterocycles. The average molecular weight is 432 g/mol. The minimum absolute atomic E-state index is 0.0797. The molecule has 0 saturated carbocycles. The van der Waals surface area contributed by atoms with Crippen molar-refractivity contribution in [1.82, 2.24) is 14.3 Å². The summed E-state index contributed by atoms with van der Waals surface area (Å²) in [7, 11) is 1.73. The molecule has 3 heterocycles. The number of ether oxygens (including phenoxy) is 2. The van der Waals surface area contributed by atoms with Gasteiger partial charge in [0.2, 0.25) is 11.3 Å². The van der Waals surface area contributed by atoms with Crippen molar-refractivity contribution in [3.8, 4) is 16.9 Å². The molecule has 0 amide bonds. The van der Waals surface area contributed by atoms with Crippen LogP contribution in [-0.4, -0.2) is 44.2 Å². The smallest absolute Gasteiger partial charge is 0.274 e. The lowest BCUT2D eigenvalue weighted by molar-refractivity contribution is 0.0258. The zero-order valence-corrected chi connectivity index (χ0v) is 17.5. The number of fused-ring (bicyclic) bond motifs is 1. The van der Waals surface area contributed by atoms with Crippen molar-refractivity contribution in [2.45, 2.75) is 25.4 Å². The molecule has 0 aliphatic carbocycles. The fourth-order valence-corrected chi connectivity index (χ4v) is 4.06. The number of aryl methyl sites for hydroxylation is 1. The van der Waals surface area contributed by atoms with Crippen LogP contribution in [0.5, 0.6) is 5.75 Å². The number of aromatic amines is 1. The Morgan fingerprint density at radius 2 is 2.10 bits per heavy atom. The summed E-state index contributed by atoms with van der Waals surface area (Å²) in [6.45, 7) is 1.74. The first-order valence-corrected chi connectivity index (χ1v) is 11.0. The van der Waals surface area contributed by atoms with Crippen molar-refractivity contribution in [2.75, 3.05) is 19.8 Å². The minimum atomic E-state index is -2.04. The van der Waals surface area contributed by atoms with Crippen LogP contribution in [0.25, 0.3) is 22.0 Å². The average Bonchev–Trinajstić information content (AvgIpc) is 3.22. The van der Waals surface area contributed by atoms with Gasteiger partial charge < -0.3 is 19.0 Å². The third kappa shape index (κ3) is 4.49. The van der Waals surface area contributed by atoms with Crippen LogP contribution in [0.1, 0.15) is 18.4 Å². The number of pyridine rings is 1. The lowest BCUT2D eigenvalue weighted by atomic mass is 9.99. The maximum atomic E-state index is 12.5. The van der Waals surface area contributed by atoms with Crippen molar-refractivity contribution in [2.24, 2.45) is 7.05 Å². The first-order valence-electron chi connectivity index (χ1n) is 9.91. The summed E-state index contributed by atoms with van der Waals surface area (Å²) in [6, 6.07) is 7.84. The molecule has 1 fully saturated rings. The van der Waals surface area contributed by atoms with Crippen LogP contribution in [-0.2, 0) is 29.5 Å². The number of nitrogens with one attached hydrogen (secondary N) is 2. The summed E-state index contributed by atoms with van der Waals surface area (Å²) >= 11 is -2.04. The molecule has 0 spiro atoms. The van der Waals surface area contributed by atoms with Gasteiger partial charge in [0.25, 0.3) is 5.56 Å². The number of benzene rings is 1. The normalized spacial score (nSPS) is 16.1. The highest BCUT2D eigenvalue weighted by Crippen LogP contribution is 2.36. The highest BCUT2D eigenvalue weighted by atomic mass is 32.2. The van der Waals surface area contributed by atoms with E-state index in [0.717, 1.165) is 40.7 Å². The number of hydrogen-bond donors (Lipinski definition) is 3. The summed E-state index contributed by atoms with van der Waals surface area (Å²) in [5.74, 6) is 0.755. The topological polar surface area (TPSA) is 106 Å². The Hall–Kier alpha value is -2.46. The van der Waals surface area contributed by atoms with E-state index in [4.69, 9.17) is 14.0 Å². The molecule has 0 radical (unpaired) electrons. The van der Waals surface area contributed by atoms with E-state index in [9.17, 15) is 9.00 Å². The highest BCUT2D eigenvalue weighted by Gasteiger charge is 2.20. The van der Waals surface area contributed by atoms with Gasteiger partial charge in [0.1, 0.15) is 17.4 Å². The molecule has 8 nitrogen and oxygen atoms in total. The van der Waals surface area contributed by atoms with Gasteiger partial charge >= 0.3 is 0 Å². The van der Waals surface area contributed by atoms with Crippen molar-refractivity contribution < 1.29 is 18.2 Å². The Bertz CT molecular complexity index is 1120. The molecule has 3 N–H and O–H groups in total. The van der Waals surface area contributed by atoms with Crippen LogP contribution < -0.4 is 15.0 Å². The Kier molecular flexibility index (Phi) is 6.33. The van der Waals surface area contributed by atoms with E-state index >= 15 is 0 Å². The second-order valence-electron chi connectivity index (χ2n) is 7.38. The van der Waals surface area contributed by atoms with E-state index in [1.54, 1.807) is 17.8 Å². The molecule has 1 aliphatic heterocycles. The molecule has 1 aliphatic rings. The van der Waals surface area contributed by atoms with Crippen LogP contribution >= 0.6 is 0 Å². The summed E-state index contributed by atoms with van der Waals surface area (Å²) in [5.41, 5.74) is 3.26. The minimum Gasteiger partial charge on any atom is -0.490 e. The van der Waals surface area contributed by atoms with Gasteiger partial charge in [-0.3, -0.25) is 9.35 Å². The fourth-order valence-electron chi connectivity index (χ4n) is 3.79. The van der Waals surface area contributed by atoms with Crippen molar-refractivity contribution in [1.29, 1.82) is 0 Å². The van der Waals surface area contributed by atoms with Crippen molar-refractivity contribution >= 4 is 22.2 Å². The molecule has 1 unspecified atom stereocenters. The zero-order valence-electron chi connectivity index (χ0n) is 16.7. The molecule has 2 aromatic heterocycles. The van der Waals surface area contributed by atoms with Crippen LogP contribution in [0.15, 0.2) is 41.5 Å². The first-order chi connectivity index (χ1) is 14.5. The third-order valence-electron chi connectivity index (χ3n) is 5.33. The Labute approximate surface area is 176 Å². The summed E-state index contributed by atoms with van der Waals surface area (Å²) < 4.78 is 35.7. The fraction of sp³-hybridized carbons (Fsp3) is 0.381.